The first kappa shape index (κ1) is 40.5. The Bertz CT molecular complexity index is 659. The molecule has 41 heavy (non-hydrogen) atoms. The topological polar surface area (TPSA) is 108 Å². The average molecular weight is 607 g/mol. The van der Waals surface area contributed by atoms with Gasteiger partial charge in [-0.15, -0.1) is 0 Å². The fraction of sp³-hybridized carbons (Fsp3) is 0.969. The lowest BCUT2D eigenvalue weighted by Gasteiger charge is -2.30. The number of carbonyl (C=O) groups excluding carboxylic acids is 1. The summed E-state index contributed by atoms with van der Waals surface area (Å²) in [5.74, 6) is -0.171. The number of hydrogen-bond donors (Lipinski definition) is 2. The molecule has 9 heteroatoms. The minimum Gasteiger partial charge on any atom is -0.756 e. The summed E-state index contributed by atoms with van der Waals surface area (Å²) in [6, 6.07) is -0.788. The lowest BCUT2D eigenvalue weighted by atomic mass is 10.0. The Morgan fingerprint density at radius 1 is 0.756 bits per heavy atom. The second-order valence-electron chi connectivity index (χ2n) is 12.9. The van der Waals surface area contributed by atoms with Gasteiger partial charge < -0.3 is 28.8 Å². The largest absolute Gasteiger partial charge is 0.756 e. The molecule has 0 saturated heterocycles. The molecule has 0 spiro atoms. The SMILES string of the molecule is CCCCCCCCCCCCC(O)C(COP(=O)([O-])OCC[N+](C)(C)C)NC(=O)CCCCCCCCCCC. The van der Waals surface area contributed by atoms with Crippen LogP contribution in [-0.2, 0) is 18.4 Å². The zero-order valence-electron chi connectivity index (χ0n) is 27.5. The maximum atomic E-state index is 12.7. The predicted octanol–water partition coefficient (Wildman–Crippen LogP) is 7.27. The summed E-state index contributed by atoms with van der Waals surface area (Å²) in [6.07, 6.45) is 22.5. The number of hydrogen-bond acceptors (Lipinski definition) is 6. The van der Waals surface area contributed by atoms with Gasteiger partial charge >= 0.3 is 0 Å². The van der Waals surface area contributed by atoms with Crippen molar-refractivity contribution in [3.05, 3.63) is 0 Å². The second-order valence-corrected chi connectivity index (χ2v) is 14.3. The van der Waals surface area contributed by atoms with Crippen molar-refractivity contribution in [1.29, 1.82) is 0 Å². The third-order valence-electron chi connectivity index (χ3n) is 7.60. The molecule has 0 bridgehead atoms. The maximum Gasteiger partial charge on any atom is 0.268 e. The van der Waals surface area contributed by atoms with Crippen LogP contribution in [0, 0.1) is 0 Å². The summed E-state index contributed by atoms with van der Waals surface area (Å²) in [6.45, 7) is 4.65. The molecule has 0 fully saturated rings. The Labute approximate surface area is 253 Å². The van der Waals surface area contributed by atoms with E-state index in [4.69, 9.17) is 9.05 Å². The number of likely N-dealkylation sites (N-methyl/N-ethyl adjacent to an activating group) is 1. The molecular formula is C32H67N2O6P. The Balaban J connectivity index is 4.55. The summed E-state index contributed by atoms with van der Waals surface area (Å²) >= 11 is 0. The highest BCUT2D eigenvalue weighted by Gasteiger charge is 2.24. The number of rotatable bonds is 30. The van der Waals surface area contributed by atoms with E-state index in [0.717, 1.165) is 38.5 Å². The third-order valence-corrected chi connectivity index (χ3v) is 8.56. The minimum atomic E-state index is -4.54. The van der Waals surface area contributed by atoms with E-state index in [1.54, 1.807) is 0 Å². The van der Waals surface area contributed by atoms with Crippen molar-refractivity contribution in [3.8, 4) is 0 Å². The van der Waals surface area contributed by atoms with Gasteiger partial charge in [0, 0.05) is 6.42 Å². The summed E-state index contributed by atoms with van der Waals surface area (Å²) in [4.78, 5) is 25.0. The number of nitrogens with one attached hydrogen (secondary N) is 1. The van der Waals surface area contributed by atoms with Gasteiger partial charge in [-0.2, -0.15) is 0 Å². The van der Waals surface area contributed by atoms with Gasteiger partial charge in [0.25, 0.3) is 7.82 Å². The second kappa shape index (κ2) is 25.9. The third kappa shape index (κ3) is 28.1. The molecule has 8 nitrogen and oxygen atoms in total. The van der Waals surface area contributed by atoms with Crippen LogP contribution in [0.2, 0.25) is 0 Å². The molecule has 2 N–H and O–H groups in total. The quantitative estimate of drug-likeness (QED) is 0.0506. The molecule has 0 aliphatic heterocycles. The first-order valence-corrected chi connectivity index (χ1v) is 18.3. The van der Waals surface area contributed by atoms with Crippen molar-refractivity contribution in [2.75, 3.05) is 40.9 Å². The number of carbonyl (C=O) groups is 1. The van der Waals surface area contributed by atoms with E-state index < -0.39 is 20.0 Å². The van der Waals surface area contributed by atoms with Gasteiger partial charge in [0.2, 0.25) is 5.91 Å². The van der Waals surface area contributed by atoms with Gasteiger partial charge in [-0.25, -0.2) is 0 Å². The van der Waals surface area contributed by atoms with Crippen LogP contribution < -0.4 is 10.2 Å². The van der Waals surface area contributed by atoms with Crippen molar-refractivity contribution >= 4 is 13.7 Å². The van der Waals surface area contributed by atoms with Gasteiger partial charge in [0.05, 0.1) is 39.9 Å². The summed E-state index contributed by atoms with van der Waals surface area (Å²) in [7, 11) is 1.31. The molecular weight excluding hydrogens is 539 g/mol. The molecule has 3 unspecified atom stereocenters. The highest BCUT2D eigenvalue weighted by atomic mass is 31.2. The molecule has 0 aromatic rings. The molecule has 0 aromatic heterocycles. The van der Waals surface area contributed by atoms with Crippen LogP contribution in [0.15, 0.2) is 0 Å². The number of phosphoric acid groups is 1. The average Bonchev–Trinajstić information content (AvgIpc) is 2.90. The van der Waals surface area contributed by atoms with Gasteiger partial charge in [-0.05, 0) is 12.8 Å². The summed E-state index contributed by atoms with van der Waals surface area (Å²) in [5, 5.41) is 13.7. The van der Waals surface area contributed by atoms with E-state index >= 15 is 0 Å². The maximum absolute atomic E-state index is 12.7. The van der Waals surface area contributed by atoms with Crippen LogP contribution in [0.25, 0.3) is 0 Å². The molecule has 3 atom stereocenters. The van der Waals surface area contributed by atoms with Crippen LogP contribution in [0.3, 0.4) is 0 Å². The molecule has 246 valence electrons. The van der Waals surface area contributed by atoms with Crippen molar-refractivity contribution in [2.45, 2.75) is 161 Å². The van der Waals surface area contributed by atoms with Crippen molar-refractivity contribution in [3.63, 3.8) is 0 Å². The zero-order valence-corrected chi connectivity index (χ0v) is 28.4. The van der Waals surface area contributed by atoms with Gasteiger partial charge in [0.15, 0.2) is 0 Å². The van der Waals surface area contributed by atoms with Crippen LogP contribution in [0.4, 0.5) is 0 Å². The van der Waals surface area contributed by atoms with Crippen molar-refractivity contribution in [1.82, 2.24) is 5.32 Å². The Morgan fingerprint density at radius 2 is 1.20 bits per heavy atom. The molecule has 0 saturated carbocycles. The molecule has 0 aliphatic carbocycles. The molecule has 0 radical (unpaired) electrons. The van der Waals surface area contributed by atoms with E-state index in [1.165, 1.54) is 83.5 Å². The van der Waals surface area contributed by atoms with Gasteiger partial charge in [-0.3, -0.25) is 9.36 Å². The Hall–Kier alpha value is -0.500. The smallest absolute Gasteiger partial charge is 0.268 e. The Kier molecular flexibility index (Phi) is 25.6. The predicted molar refractivity (Wildman–Crippen MR) is 169 cm³/mol. The fourth-order valence-corrected chi connectivity index (χ4v) is 5.52. The van der Waals surface area contributed by atoms with Crippen LogP contribution >= 0.6 is 7.82 Å². The van der Waals surface area contributed by atoms with E-state index in [2.05, 4.69) is 19.2 Å². The number of quaternary nitrogens is 1. The number of aliphatic hydroxyl groups is 1. The lowest BCUT2D eigenvalue weighted by molar-refractivity contribution is -0.870. The van der Waals surface area contributed by atoms with E-state index in [1.807, 2.05) is 21.1 Å². The van der Waals surface area contributed by atoms with Crippen molar-refractivity contribution in [2.24, 2.45) is 0 Å². The van der Waals surface area contributed by atoms with Crippen LogP contribution in [0.5, 0.6) is 0 Å². The zero-order chi connectivity index (χ0) is 30.8. The number of unbranched alkanes of at least 4 members (excludes halogenated alkanes) is 17. The molecule has 0 heterocycles. The first-order valence-electron chi connectivity index (χ1n) is 16.9. The number of aliphatic hydroxyl groups excluding tert-OH is 1. The number of amides is 1. The van der Waals surface area contributed by atoms with E-state index in [-0.39, 0.29) is 19.1 Å². The van der Waals surface area contributed by atoms with E-state index in [9.17, 15) is 19.4 Å². The Morgan fingerprint density at radius 3 is 1.66 bits per heavy atom. The summed E-state index contributed by atoms with van der Waals surface area (Å²) < 4.78 is 23.0. The lowest BCUT2D eigenvalue weighted by Crippen LogP contribution is -2.46. The molecule has 0 aliphatic rings. The highest BCUT2D eigenvalue weighted by molar-refractivity contribution is 7.45. The first-order chi connectivity index (χ1) is 19.5. The van der Waals surface area contributed by atoms with Gasteiger partial charge in [0.1, 0.15) is 13.2 Å². The monoisotopic (exact) mass is 606 g/mol. The summed E-state index contributed by atoms with van der Waals surface area (Å²) in [5.41, 5.74) is 0. The van der Waals surface area contributed by atoms with Crippen molar-refractivity contribution < 1.29 is 32.9 Å². The van der Waals surface area contributed by atoms with E-state index in [0.29, 0.717) is 23.9 Å². The van der Waals surface area contributed by atoms with Crippen LogP contribution in [0.1, 0.15) is 149 Å². The van der Waals surface area contributed by atoms with Gasteiger partial charge in [-0.1, -0.05) is 129 Å². The molecule has 0 aromatic carbocycles. The minimum absolute atomic E-state index is 0.0149. The number of nitrogens with zero attached hydrogens (tertiary/aromatic N) is 1. The normalized spacial score (nSPS) is 15.0. The standard InChI is InChI=1S/C32H67N2O6P/c1-6-8-10-12-14-16-18-19-21-23-25-31(35)30(29-40-41(37,38)39-28-27-34(3,4)5)33-32(36)26-24-22-20-17-15-13-11-9-7-2/h30-31,35H,6-29H2,1-5H3,(H-,33,36,37,38). The van der Waals surface area contributed by atoms with Crippen LogP contribution in [-0.4, -0.2) is 68.5 Å². The molecule has 0 rings (SSSR count). The fourth-order valence-electron chi connectivity index (χ4n) is 4.80. The number of phosphoric ester groups is 1. The molecule has 1 amide bonds. The highest BCUT2D eigenvalue weighted by Crippen LogP contribution is 2.38.